The van der Waals surface area contributed by atoms with Crippen LogP contribution in [0, 0.1) is 13.8 Å². The van der Waals surface area contributed by atoms with Crippen LogP contribution in [0.3, 0.4) is 0 Å². The van der Waals surface area contributed by atoms with Crippen LogP contribution in [0.1, 0.15) is 27.3 Å². The Morgan fingerprint density at radius 2 is 1.81 bits per heavy atom. The number of rotatable bonds is 5. The molecule has 2 aromatic heterocycles. The highest BCUT2D eigenvalue weighted by Gasteiger charge is 2.26. The molecule has 0 bridgehead atoms. The van der Waals surface area contributed by atoms with Crippen LogP contribution in [-0.4, -0.2) is 63.3 Å². The normalized spacial score (nSPS) is 14.8. The van der Waals surface area contributed by atoms with E-state index < -0.39 is 0 Å². The minimum absolute atomic E-state index is 0.0498. The maximum atomic E-state index is 13.3. The zero-order valence-corrected chi connectivity index (χ0v) is 19.2. The molecule has 1 fully saturated rings. The first-order chi connectivity index (χ1) is 14.9. The van der Waals surface area contributed by atoms with Crippen molar-refractivity contribution in [1.29, 1.82) is 0 Å². The lowest BCUT2D eigenvalue weighted by atomic mass is 10.1. The van der Waals surface area contributed by atoms with Crippen LogP contribution >= 0.6 is 11.6 Å². The van der Waals surface area contributed by atoms with Gasteiger partial charge in [-0.25, -0.2) is 0 Å². The van der Waals surface area contributed by atoms with Crippen LogP contribution in [0.5, 0.6) is 5.75 Å². The summed E-state index contributed by atoms with van der Waals surface area (Å²) < 4.78 is 9.37. The lowest BCUT2D eigenvalue weighted by Gasteiger charge is -2.35. The van der Waals surface area contributed by atoms with Crippen LogP contribution in [0.25, 0.3) is 5.69 Å². The predicted molar refractivity (Wildman–Crippen MR) is 121 cm³/mol. The van der Waals surface area contributed by atoms with Gasteiger partial charge in [-0.05, 0) is 32.0 Å². The summed E-state index contributed by atoms with van der Waals surface area (Å²) in [7, 11) is 3.55. The Balaban J connectivity index is 1.47. The number of carbonyl (C=O) groups excluding carboxylic acids is 1. The standard InChI is InChI=1S/C23H28ClN5O2/c1-16-19(17(2)26(3)25-16)15-27-9-11-29(12-10-27)23(30)18-13-20(24)21(14-22(18)31-4)28-7-5-6-8-28/h5-8,13-14H,9-12,15H2,1-4H3. The average Bonchev–Trinajstić information content (AvgIpc) is 3.38. The number of aromatic nitrogens is 3. The van der Waals surface area contributed by atoms with E-state index in [1.54, 1.807) is 13.2 Å². The van der Waals surface area contributed by atoms with Gasteiger partial charge in [0.05, 0.1) is 29.1 Å². The summed E-state index contributed by atoms with van der Waals surface area (Å²) >= 11 is 6.51. The van der Waals surface area contributed by atoms with E-state index in [1.807, 2.05) is 51.8 Å². The SMILES string of the molecule is COc1cc(-n2cccc2)c(Cl)cc1C(=O)N1CCN(Cc2c(C)nn(C)c2C)CC1. The Bertz CT molecular complexity index is 1080. The van der Waals surface area contributed by atoms with Crippen molar-refractivity contribution < 1.29 is 9.53 Å². The lowest BCUT2D eigenvalue weighted by Crippen LogP contribution is -2.48. The number of ether oxygens (including phenoxy) is 1. The number of aryl methyl sites for hydroxylation is 2. The lowest BCUT2D eigenvalue weighted by molar-refractivity contribution is 0.0624. The van der Waals surface area contributed by atoms with Crippen molar-refractivity contribution in [3.8, 4) is 11.4 Å². The molecule has 8 heteroatoms. The van der Waals surface area contributed by atoms with Gasteiger partial charge in [0.15, 0.2) is 0 Å². The molecule has 164 valence electrons. The zero-order chi connectivity index (χ0) is 22.1. The Morgan fingerprint density at radius 1 is 1.13 bits per heavy atom. The number of hydrogen-bond donors (Lipinski definition) is 0. The molecule has 4 rings (SSSR count). The van der Waals surface area contributed by atoms with E-state index in [1.165, 1.54) is 11.3 Å². The van der Waals surface area contributed by atoms with Crippen molar-refractivity contribution in [2.75, 3.05) is 33.3 Å². The number of methoxy groups -OCH3 is 1. The second kappa shape index (κ2) is 8.77. The summed E-state index contributed by atoms with van der Waals surface area (Å²) in [5, 5.41) is 5.02. The molecule has 1 aliphatic heterocycles. The number of hydrogen-bond acceptors (Lipinski definition) is 4. The van der Waals surface area contributed by atoms with Gasteiger partial charge in [-0.3, -0.25) is 14.4 Å². The number of nitrogens with zero attached hydrogens (tertiary/aromatic N) is 5. The molecule has 1 saturated heterocycles. The van der Waals surface area contributed by atoms with Crippen LogP contribution < -0.4 is 4.74 Å². The van der Waals surface area contributed by atoms with Crippen molar-refractivity contribution in [2.24, 2.45) is 7.05 Å². The van der Waals surface area contributed by atoms with Crippen molar-refractivity contribution in [3.63, 3.8) is 0 Å². The fourth-order valence-electron chi connectivity index (χ4n) is 4.12. The summed E-state index contributed by atoms with van der Waals surface area (Å²) in [5.74, 6) is 0.480. The van der Waals surface area contributed by atoms with Gasteiger partial charge < -0.3 is 14.2 Å². The largest absolute Gasteiger partial charge is 0.496 e. The highest BCUT2D eigenvalue weighted by atomic mass is 35.5. The fraction of sp³-hybridized carbons (Fsp3) is 0.391. The number of carbonyl (C=O) groups is 1. The average molecular weight is 442 g/mol. The number of benzene rings is 1. The van der Waals surface area contributed by atoms with Gasteiger partial charge in [0, 0.05) is 69.5 Å². The molecule has 0 saturated carbocycles. The Kier molecular flexibility index (Phi) is 6.07. The Morgan fingerprint density at radius 3 is 2.39 bits per heavy atom. The van der Waals surface area contributed by atoms with Gasteiger partial charge in [0.25, 0.3) is 5.91 Å². The second-order valence-electron chi connectivity index (χ2n) is 7.94. The number of halogens is 1. The molecule has 3 heterocycles. The molecule has 1 aliphatic rings. The molecule has 3 aromatic rings. The molecule has 0 N–H and O–H groups in total. The van der Waals surface area contributed by atoms with Crippen molar-refractivity contribution in [1.82, 2.24) is 24.1 Å². The van der Waals surface area contributed by atoms with E-state index in [0.717, 1.165) is 31.0 Å². The van der Waals surface area contributed by atoms with E-state index in [4.69, 9.17) is 16.3 Å². The van der Waals surface area contributed by atoms with Gasteiger partial charge in [-0.1, -0.05) is 11.6 Å². The summed E-state index contributed by atoms with van der Waals surface area (Å²) in [6.45, 7) is 7.97. The van der Waals surface area contributed by atoms with E-state index in [9.17, 15) is 4.79 Å². The third-order valence-corrected chi connectivity index (χ3v) is 6.38. The first-order valence-corrected chi connectivity index (χ1v) is 10.8. The van der Waals surface area contributed by atoms with E-state index >= 15 is 0 Å². The minimum atomic E-state index is -0.0498. The van der Waals surface area contributed by atoms with E-state index in [2.05, 4.69) is 23.8 Å². The summed E-state index contributed by atoms with van der Waals surface area (Å²) in [6.07, 6.45) is 3.82. The van der Waals surface area contributed by atoms with E-state index in [0.29, 0.717) is 29.4 Å². The molecule has 0 unspecified atom stereocenters. The van der Waals surface area contributed by atoms with Crippen molar-refractivity contribution in [3.05, 3.63) is 64.2 Å². The smallest absolute Gasteiger partial charge is 0.257 e. The first-order valence-electron chi connectivity index (χ1n) is 10.4. The third-order valence-electron chi connectivity index (χ3n) is 6.08. The molecule has 0 atom stereocenters. The molecule has 31 heavy (non-hydrogen) atoms. The molecular weight excluding hydrogens is 414 g/mol. The highest BCUT2D eigenvalue weighted by molar-refractivity contribution is 6.33. The van der Waals surface area contributed by atoms with Crippen LogP contribution in [0.15, 0.2) is 36.7 Å². The monoisotopic (exact) mass is 441 g/mol. The zero-order valence-electron chi connectivity index (χ0n) is 18.4. The quantitative estimate of drug-likeness (QED) is 0.608. The van der Waals surface area contributed by atoms with Gasteiger partial charge >= 0.3 is 0 Å². The predicted octanol–water partition coefficient (Wildman–Crippen LogP) is 3.45. The van der Waals surface area contributed by atoms with Crippen molar-refractivity contribution in [2.45, 2.75) is 20.4 Å². The summed E-state index contributed by atoms with van der Waals surface area (Å²) in [5.41, 5.74) is 4.82. The van der Waals surface area contributed by atoms with Gasteiger partial charge in [0.2, 0.25) is 0 Å². The summed E-state index contributed by atoms with van der Waals surface area (Å²) in [4.78, 5) is 17.5. The molecule has 7 nitrogen and oxygen atoms in total. The Labute approximate surface area is 187 Å². The maximum Gasteiger partial charge on any atom is 0.257 e. The maximum absolute atomic E-state index is 13.3. The first kappa shape index (κ1) is 21.5. The summed E-state index contributed by atoms with van der Waals surface area (Å²) in [6, 6.07) is 7.39. The van der Waals surface area contributed by atoms with E-state index in [-0.39, 0.29) is 5.91 Å². The second-order valence-corrected chi connectivity index (χ2v) is 8.34. The highest BCUT2D eigenvalue weighted by Crippen LogP contribution is 2.31. The third kappa shape index (κ3) is 4.20. The van der Waals surface area contributed by atoms with Crippen molar-refractivity contribution >= 4 is 17.5 Å². The topological polar surface area (TPSA) is 55.5 Å². The van der Waals surface area contributed by atoms with Crippen LogP contribution in [0.2, 0.25) is 5.02 Å². The fourth-order valence-corrected chi connectivity index (χ4v) is 4.38. The number of piperazine rings is 1. The molecule has 0 spiro atoms. The Hall–Kier alpha value is -2.77. The van der Waals surface area contributed by atoms with Crippen LogP contribution in [-0.2, 0) is 13.6 Å². The number of amides is 1. The minimum Gasteiger partial charge on any atom is -0.496 e. The van der Waals surface area contributed by atoms with Crippen LogP contribution in [0.4, 0.5) is 0 Å². The van der Waals surface area contributed by atoms with Gasteiger partial charge in [-0.2, -0.15) is 5.10 Å². The van der Waals surface area contributed by atoms with Gasteiger partial charge in [0.1, 0.15) is 5.75 Å². The molecule has 0 radical (unpaired) electrons. The molecule has 0 aliphatic carbocycles. The molecular formula is C23H28ClN5O2. The molecule has 1 amide bonds. The molecule has 1 aromatic carbocycles. The van der Waals surface area contributed by atoms with Gasteiger partial charge in [-0.15, -0.1) is 0 Å².